The van der Waals surface area contributed by atoms with Crippen LogP contribution >= 0.6 is 11.8 Å². The van der Waals surface area contributed by atoms with E-state index in [1.54, 1.807) is 12.4 Å². The maximum atomic E-state index is 11.0. The summed E-state index contributed by atoms with van der Waals surface area (Å²) in [4.78, 5) is 19.2. The Morgan fingerprint density at radius 1 is 1.50 bits per heavy atom. The summed E-state index contributed by atoms with van der Waals surface area (Å²) in [6.07, 6.45) is 5.98. The summed E-state index contributed by atoms with van der Waals surface area (Å²) in [5.41, 5.74) is 0.977. The van der Waals surface area contributed by atoms with Crippen molar-refractivity contribution in [3.8, 4) is 0 Å². The van der Waals surface area contributed by atoms with Crippen molar-refractivity contribution in [1.82, 2.24) is 9.97 Å². The Morgan fingerprint density at radius 2 is 2.12 bits per heavy atom. The third kappa shape index (κ3) is 4.18. The van der Waals surface area contributed by atoms with E-state index in [4.69, 9.17) is 5.11 Å². The number of hydrogen-bond acceptors (Lipinski definition) is 4. The third-order valence-corrected chi connectivity index (χ3v) is 3.24. The number of carboxylic acid groups (broad SMARTS) is 1. The number of carbonyl (C=O) groups is 1. The van der Waals surface area contributed by atoms with Crippen molar-refractivity contribution < 1.29 is 9.90 Å². The van der Waals surface area contributed by atoms with Gasteiger partial charge in [-0.3, -0.25) is 4.79 Å². The van der Waals surface area contributed by atoms with Gasteiger partial charge in [0.05, 0.1) is 0 Å². The minimum Gasteiger partial charge on any atom is -0.480 e. The smallest absolute Gasteiger partial charge is 0.317 e. The van der Waals surface area contributed by atoms with Crippen LogP contribution < -0.4 is 0 Å². The first-order valence-corrected chi connectivity index (χ1v) is 6.19. The average molecular weight is 240 g/mol. The van der Waals surface area contributed by atoms with E-state index in [1.807, 2.05) is 13.8 Å². The van der Waals surface area contributed by atoms with Gasteiger partial charge in [0.25, 0.3) is 0 Å². The Bertz CT molecular complexity index is 340. The van der Waals surface area contributed by atoms with Crippen LogP contribution in [0.3, 0.4) is 0 Å². The van der Waals surface area contributed by atoms with E-state index in [0.717, 1.165) is 18.4 Å². The van der Waals surface area contributed by atoms with Crippen molar-refractivity contribution in [2.75, 3.05) is 0 Å². The lowest BCUT2D eigenvalue weighted by Gasteiger charge is -2.09. The van der Waals surface area contributed by atoms with Crippen LogP contribution in [0.5, 0.6) is 0 Å². The van der Waals surface area contributed by atoms with E-state index >= 15 is 0 Å². The van der Waals surface area contributed by atoms with Gasteiger partial charge in [0, 0.05) is 12.4 Å². The predicted molar refractivity (Wildman–Crippen MR) is 63.6 cm³/mol. The van der Waals surface area contributed by atoms with Gasteiger partial charge in [-0.15, -0.1) is 0 Å². The number of aromatic nitrogens is 2. The molecule has 0 saturated carbocycles. The Morgan fingerprint density at radius 3 is 2.62 bits per heavy atom. The van der Waals surface area contributed by atoms with Gasteiger partial charge in [-0.1, -0.05) is 31.5 Å². The number of aliphatic carboxylic acids is 1. The summed E-state index contributed by atoms with van der Waals surface area (Å²) in [7, 11) is 0. The van der Waals surface area contributed by atoms with Crippen molar-refractivity contribution in [3.63, 3.8) is 0 Å². The standard InChI is InChI=1S/C11H16N2O2S/c1-3-4-5-9(10(14)15)16-11-12-6-8(2)7-13-11/h6-7,9H,3-5H2,1-2H3,(H,14,15). The summed E-state index contributed by atoms with van der Waals surface area (Å²) in [5.74, 6) is -0.789. The molecule has 1 unspecified atom stereocenters. The predicted octanol–water partition coefficient (Wildman–Crippen LogP) is 2.52. The van der Waals surface area contributed by atoms with E-state index < -0.39 is 11.2 Å². The number of aryl methyl sites for hydroxylation is 1. The van der Waals surface area contributed by atoms with E-state index in [2.05, 4.69) is 9.97 Å². The van der Waals surface area contributed by atoms with E-state index in [-0.39, 0.29) is 0 Å². The SMILES string of the molecule is CCCCC(Sc1ncc(C)cn1)C(=O)O. The van der Waals surface area contributed by atoms with Crippen molar-refractivity contribution in [2.24, 2.45) is 0 Å². The quantitative estimate of drug-likeness (QED) is 0.611. The molecule has 0 aliphatic rings. The van der Waals surface area contributed by atoms with Crippen molar-refractivity contribution in [1.29, 1.82) is 0 Å². The Hall–Kier alpha value is -1.10. The Balaban J connectivity index is 2.60. The maximum Gasteiger partial charge on any atom is 0.317 e. The number of thioether (sulfide) groups is 1. The molecule has 0 saturated heterocycles. The summed E-state index contributed by atoms with van der Waals surface area (Å²) >= 11 is 1.22. The largest absolute Gasteiger partial charge is 0.480 e. The lowest BCUT2D eigenvalue weighted by Crippen LogP contribution is -2.16. The normalized spacial score (nSPS) is 12.4. The second kappa shape index (κ2) is 6.48. The fraction of sp³-hybridized carbons (Fsp3) is 0.545. The lowest BCUT2D eigenvalue weighted by atomic mass is 10.2. The molecule has 0 aliphatic carbocycles. The van der Waals surface area contributed by atoms with Gasteiger partial charge in [0.1, 0.15) is 5.25 Å². The molecule has 4 nitrogen and oxygen atoms in total. The summed E-state index contributed by atoms with van der Waals surface area (Å²) < 4.78 is 0. The van der Waals surface area contributed by atoms with Crippen LogP contribution in [0.1, 0.15) is 31.7 Å². The van der Waals surface area contributed by atoms with Gasteiger partial charge in [0.15, 0.2) is 5.16 Å². The van der Waals surface area contributed by atoms with E-state index in [0.29, 0.717) is 11.6 Å². The molecular formula is C11H16N2O2S. The highest BCUT2D eigenvalue weighted by atomic mass is 32.2. The van der Waals surface area contributed by atoms with E-state index in [9.17, 15) is 4.79 Å². The van der Waals surface area contributed by atoms with Gasteiger partial charge >= 0.3 is 5.97 Å². The Labute approximate surface area is 99.5 Å². The molecule has 1 heterocycles. The van der Waals surface area contributed by atoms with Crippen LogP contribution in [-0.2, 0) is 4.79 Å². The first-order valence-electron chi connectivity index (χ1n) is 5.31. The molecule has 88 valence electrons. The van der Waals surface area contributed by atoms with Gasteiger partial charge in [-0.2, -0.15) is 0 Å². The monoisotopic (exact) mass is 240 g/mol. The molecule has 0 aliphatic heterocycles. The third-order valence-electron chi connectivity index (χ3n) is 2.10. The van der Waals surface area contributed by atoms with Gasteiger partial charge in [0.2, 0.25) is 0 Å². The molecule has 1 N–H and O–H groups in total. The van der Waals surface area contributed by atoms with Crippen LogP contribution in [0.25, 0.3) is 0 Å². The number of nitrogens with zero attached hydrogens (tertiary/aromatic N) is 2. The summed E-state index contributed by atoms with van der Waals surface area (Å²) in [5, 5.41) is 9.13. The van der Waals surface area contributed by atoms with Gasteiger partial charge in [-0.05, 0) is 18.9 Å². The van der Waals surface area contributed by atoms with Crippen LogP contribution in [0.15, 0.2) is 17.6 Å². The fourth-order valence-electron chi connectivity index (χ4n) is 1.19. The number of carboxylic acids is 1. The minimum absolute atomic E-state index is 0.442. The molecule has 1 aromatic heterocycles. The molecule has 0 fully saturated rings. The van der Waals surface area contributed by atoms with Gasteiger partial charge < -0.3 is 5.11 Å². The molecule has 1 rings (SSSR count). The minimum atomic E-state index is -0.789. The first-order chi connectivity index (χ1) is 7.63. The van der Waals surface area contributed by atoms with Crippen molar-refractivity contribution in [2.45, 2.75) is 43.5 Å². The number of hydrogen-bond donors (Lipinski definition) is 1. The second-order valence-corrected chi connectivity index (χ2v) is 4.80. The first kappa shape index (κ1) is 13.0. The number of rotatable bonds is 6. The van der Waals surface area contributed by atoms with Crippen LogP contribution in [0.4, 0.5) is 0 Å². The molecule has 1 aromatic rings. The molecule has 16 heavy (non-hydrogen) atoms. The maximum absolute atomic E-state index is 11.0. The number of unbranched alkanes of at least 4 members (excludes halogenated alkanes) is 1. The highest BCUT2D eigenvalue weighted by Gasteiger charge is 2.19. The lowest BCUT2D eigenvalue weighted by molar-refractivity contribution is -0.136. The molecule has 0 spiro atoms. The molecule has 0 aromatic carbocycles. The summed E-state index contributed by atoms with van der Waals surface area (Å²) in [6.45, 7) is 3.95. The van der Waals surface area contributed by atoms with Crippen LogP contribution in [0.2, 0.25) is 0 Å². The zero-order valence-corrected chi connectivity index (χ0v) is 10.3. The molecule has 0 amide bonds. The highest BCUT2D eigenvalue weighted by Crippen LogP contribution is 2.23. The fourth-order valence-corrected chi connectivity index (χ4v) is 2.06. The molecule has 0 radical (unpaired) electrons. The topological polar surface area (TPSA) is 63.1 Å². The van der Waals surface area contributed by atoms with E-state index in [1.165, 1.54) is 11.8 Å². The molecule has 0 bridgehead atoms. The average Bonchev–Trinajstić information content (AvgIpc) is 2.26. The summed E-state index contributed by atoms with van der Waals surface area (Å²) in [6, 6.07) is 0. The second-order valence-electron chi connectivity index (χ2n) is 3.63. The van der Waals surface area contributed by atoms with Crippen LogP contribution in [-0.4, -0.2) is 26.3 Å². The highest BCUT2D eigenvalue weighted by molar-refractivity contribution is 8.00. The molecule has 1 atom stereocenters. The molecular weight excluding hydrogens is 224 g/mol. The van der Waals surface area contributed by atoms with Crippen LogP contribution in [0, 0.1) is 6.92 Å². The van der Waals surface area contributed by atoms with Gasteiger partial charge in [-0.25, -0.2) is 9.97 Å². The zero-order chi connectivity index (χ0) is 12.0. The van der Waals surface area contributed by atoms with Crippen molar-refractivity contribution in [3.05, 3.63) is 18.0 Å². The van der Waals surface area contributed by atoms with Crippen molar-refractivity contribution >= 4 is 17.7 Å². The molecule has 5 heteroatoms. The Kier molecular flexibility index (Phi) is 5.25. The zero-order valence-electron chi connectivity index (χ0n) is 9.51.